The van der Waals surface area contributed by atoms with Crippen molar-refractivity contribution >= 4 is 27.3 Å². The predicted molar refractivity (Wildman–Crippen MR) is 97.0 cm³/mol. The van der Waals surface area contributed by atoms with Crippen molar-refractivity contribution < 1.29 is 13.2 Å². The molecule has 1 amide bonds. The summed E-state index contributed by atoms with van der Waals surface area (Å²) in [6.07, 6.45) is 4.09. The quantitative estimate of drug-likeness (QED) is 0.871. The molecule has 3 rings (SSSR count). The van der Waals surface area contributed by atoms with Crippen molar-refractivity contribution in [2.45, 2.75) is 25.8 Å². The van der Waals surface area contributed by atoms with E-state index in [1.165, 1.54) is 11.3 Å². The fraction of sp³-hybridized carbons (Fsp3) is 0.438. The molecular formula is C16H20N4O3S2. The maximum absolute atomic E-state index is 12.8. The van der Waals surface area contributed by atoms with Crippen LogP contribution in [0.1, 0.15) is 28.2 Å². The van der Waals surface area contributed by atoms with E-state index in [9.17, 15) is 13.2 Å². The van der Waals surface area contributed by atoms with Crippen molar-refractivity contribution in [2.75, 3.05) is 19.3 Å². The lowest BCUT2D eigenvalue weighted by Gasteiger charge is -2.31. The highest BCUT2D eigenvalue weighted by atomic mass is 32.2. The second-order valence-electron chi connectivity index (χ2n) is 6.11. The second-order valence-corrected chi connectivity index (χ2v) is 8.88. The van der Waals surface area contributed by atoms with Gasteiger partial charge in [0.15, 0.2) is 0 Å². The van der Waals surface area contributed by atoms with Crippen LogP contribution in [-0.4, -0.2) is 54.6 Å². The molecular weight excluding hydrogens is 360 g/mol. The van der Waals surface area contributed by atoms with Crippen LogP contribution in [0.4, 0.5) is 0 Å². The Morgan fingerprint density at radius 1 is 1.32 bits per heavy atom. The summed E-state index contributed by atoms with van der Waals surface area (Å²) in [6.45, 7) is 2.89. The molecule has 0 spiro atoms. The zero-order valence-electron chi connectivity index (χ0n) is 14.1. The molecule has 1 aliphatic heterocycles. The molecule has 1 aliphatic rings. The van der Waals surface area contributed by atoms with Gasteiger partial charge < -0.3 is 4.90 Å². The molecule has 1 saturated heterocycles. The van der Waals surface area contributed by atoms with E-state index in [1.54, 1.807) is 11.1 Å². The Morgan fingerprint density at radius 2 is 2.04 bits per heavy atom. The van der Waals surface area contributed by atoms with Gasteiger partial charge in [-0.25, -0.2) is 18.1 Å². The molecule has 0 unspecified atom stereocenters. The van der Waals surface area contributed by atoms with Gasteiger partial charge in [-0.3, -0.25) is 9.78 Å². The maximum atomic E-state index is 12.8. The molecule has 1 fully saturated rings. The van der Waals surface area contributed by atoms with Crippen LogP contribution in [0.15, 0.2) is 24.4 Å². The van der Waals surface area contributed by atoms with Crippen LogP contribution in [0.5, 0.6) is 0 Å². The molecule has 2 aromatic heterocycles. The Balaban J connectivity index is 1.69. The first-order valence-corrected chi connectivity index (χ1v) is 10.7. The third kappa shape index (κ3) is 4.42. The molecule has 7 nitrogen and oxygen atoms in total. The van der Waals surface area contributed by atoms with E-state index in [-0.39, 0.29) is 11.9 Å². The minimum atomic E-state index is -3.22. The SMILES string of the molecule is Cc1nc(-c2ccccn2)sc1C(=O)N1CCC(NS(C)(=O)=O)CC1. The largest absolute Gasteiger partial charge is 0.338 e. The number of carbonyl (C=O) groups is 1. The number of likely N-dealkylation sites (tertiary alicyclic amines) is 1. The molecule has 0 saturated carbocycles. The van der Waals surface area contributed by atoms with E-state index in [2.05, 4.69) is 14.7 Å². The summed E-state index contributed by atoms with van der Waals surface area (Å²) in [5.74, 6) is -0.0463. The number of rotatable bonds is 4. The highest BCUT2D eigenvalue weighted by molar-refractivity contribution is 7.88. The van der Waals surface area contributed by atoms with Gasteiger partial charge in [0, 0.05) is 25.3 Å². The second kappa shape index (κ2) is 7.19. The van der Waals surface area contributed by atoms with Crippen LogP contribution in [-0.2, 0) is 10.0 Å². The number of nitrogens with one attached hydrogen (secondary N) is 1. The first-order valence-electron chi connectivity index (χ1n) is 7.99. The summed E-state index contributed by atoms with van der Waals surface area (Å²) in [6, 6.07) is 5.49. The molecule has 9 heteroatoms. The lowest BCUT2D eigenvalue weighted by molar-refractivity contribution is 0.0715. The average Bonchev–Trinajstić information content (AvgIpc) is 2.96. The van der Waals surface area contributed by atoms with E-state index in [1.807, 2.05) is 25.1 Å². The number of pyridine rings is 1. The molecule has 2 aromatic rings. The average molecular weight is 380 g/mol. The van der Waals surface area contributed by atoms with Gasteiger partial charge in [0.1, 0.15) is 9.88 Å². The summed E-state index contributed by atoms with van der Waals surface area (Å²) in [7, 11) is -3.22. The number of carbonyl (C=O) groups excluding carboxylic acids is 1. The zero-order valence-corrected chi connectivity index (χ0v) is 15.7. The third-order valence-electron chi connectivity index (χ3n) is 4.04. The van der Waals surface area contributed by atoms with Gasteiger partial charge in [-0.1, -0.05) is 6.07 Å². The number of nitrogens with zero attached hydrogens (tertiary/aromatic N) is 3. The predicted octanol–water partition coefficient (Wildman–Crippen LogP) is 1.67. The van der Waals surface area contributed by atoms with Gasteiger partial charge >= 0.3 is 0 Å². The lowest BCUT2D eigenvalue weighted by Crippen LogP contribution is -2.46. The molecule has 0 atom stereocenters. The number of thiazole rings is 1. The molecule has 0 radical (unpaired) electrons. The normalized spacial score (nSPS) is 16.2. The van der Waals surface area contributed by atoms with Crippen molar-refractivity contribution in [1.82, 2.24) is 19.6 Å². The molecule has 0 aliphatic carbocycles. The summed E-state index contributed by atoms with van der Waals surface area (Å²) in [5.41, 5.74) is 1.46. The Bertz CT molecular complexity index is 857. The third-order valence-corrected chi connectivity index (χ3v) is 5.97. The van der Waals surface area contributed by atoms with E-state index >= 15 is 0 Å². The fourth-order valence-electron chi connectivity index (χ4n) is 2.84. The van der Waals surface area contributed by atoms with Gasteiger partial charge in [0.2, 0.25) is 10.0 Å². The van der Waals surface area contributed by atoms with Crippen molar-refractivity contribution in [3.8, 4) is 10.7 Å². The summed E-state index contributed by atoms with van der Waals surface area (Å²) >= 11 is 1.35. The van der Waals surface area contributed by atoms with Crippen LogP contribution in [0.2, 0.25) is 0 Å². The topological polar surface area (TPSA) is 92.3 Å². The number of hydrogen-bond acceptors (Lipinski definition) is 6. The van der Waals surface area contributed by atoms with Gasteiger partial charge in [-0.05, 0) is 31.9 Å². The maximum Gasteiger partial charge on any atom is 0.265 e. The van der Waals surface area contributed by atoms with Crippen molar-refractivity contribution in [3.63, 3.8) is 0 Å². The molecule has 134 valence electrons. The number of aromatic nitrogens is 2. The molecule has 25 heavy (non-hydrogen) atoms. The van der Waals surface area contributed by atoms with Gasteiger partial charge in [-0.15, -0.1) is 11.3 Å². The van der Waals surface area contributed by atoms with Gasteiger partial charge in [-0.2, -0.15) is 0 Å². The first-order chi connectivity index (χ1) is 11.8. The van der Waals surface area contributed by atoms with Crippen LogP contribution in [0.25, 0.3) is 10.7 Å². The van der Waals surface area contributed by atoms with E-state index < -0.39 is 10.0 Å². The summed E-state index contributed by atoms with van der Waals surface area (Å²) < 4.78 is 25.2. The van der Waals surface area contributed by atoms with Crippen molar-refractivity contribution in [2.24, 2.45) is 0 Å². The van der Waals surface area contributed by atoms with Crippen LogP contribution in [0, 0.1) is 6.92 Å². The van der Waals surface area contributed by atoms with Gasteiger partial charge in [0.05, 0.1) is 17.6 Å². The van der Waals surface area contributed by atoms with E-state index in [0.29, 0.717) is 36.5 Å². The molecule has 1 N–H and O–H groups in total. The smallest absolute Gasteiger partial charge is 0.265 e. The zero-order chi connectivity index (χ0) is 18.0. The summed E-state index contributed by atoms with van der Waals surface area (Å²) in [4.78, 5) is 23.9. The minimum absolute atomic E-state index is 0.0463. The highest BCUT2D eigenvalue weighted by Crippen LogP contribution is 2.28. The van der Waals surface area contributed by atoms with E-state index in [0.717, 1.165) is 17.0 Å². The Labute approximate surface area is 151 Å². The Morgan fingerprint density at radius 3 is 2.64 bits per heavy atom. The molecule has 3 heterocycles. The minimum Gasteiger partial charge on any atom is -0.338 e. The Hall–Kier alpha value is -1.84. The van der Waals surface area contributed by atoms with Gasteiger partial charge in [0.25, 0.3) is 5.91 Å². The number of aryl methyl sites for hydroxylation is 1. The van der Waals surface area contributed by atoms with E-state index in [4.69, 9.17) is 0 Å². The standard InChI is InChI=1S/C16H20N4O3S2/c1-11-14(24-15(18-11)13-5-3-4-8-17-13)16(21)20-9-6-12(7-10-20)19-25(2,22)23/h3-5,8,12,19H,6-7,9-10H2,1-2H3. The number of sulfonamides is 1. The summed E-state index contributed by atoms with van der Waals surface area (Å²) in [5, 5.41) is 0.732. The van der Waals surface area contributed by atoms with Crippen LogP contribution in [0.3, 0.4) is 0 Å². The van der Waals surface area contributed by atoms with Crippen molar-refractivity contribution in [3.05, 3.63) is 35.0 Å². The van der Waals surface area contributed by atoms with Crippen LogP contribution >= 0.6 is 11.3 Å². The first kappa shape index (κ1) is 18.0. The fourth-order valence-corrected chi connectivity index (χ4v) is 4.69. The monoisotopic (exact) mass is 380 g/mol. The van der Waals surface area contributed by atoms with Crippen LogP contribution < -0.4 is 4.72 Å². The number of amides is 1. The van der Waals surface area contributed by atoms with Crippen molar-refractivity contribution in [1.29, 1.82) is 0 Å². The highest BCUT2D eigenvalue weighted by Gasteiger charge is 2.27. The Kier molecular flexibility index (Phi) is 5.16. The number of piperidine rings is 1. The lowest BCUT2D eigenvalue weighted by atomic mass is 10.1. The molecule has 0 bridgehead atoms. The molecule has 0 aromatic carbocycles. The number of hydrogen-bond donors (Lipinski definition) is 1.